The standard InChI is InChI=1S/C17H21N3O2S/c1-11(2)16-18-19-17(20(16)12-8-9-12)23-10-14(21)13-6-4-5-7-15(13)22-3/h4-7,11-12H,8-10H2,1-3H3. The van der Waals surface area contributed by atoms with Gasteiger partial charge in [-0.2, -0.15) is 0 Å². The Kier molecular flexibility index (Phi) is 4.71. The molecule has 122 valence electrons. The van der Waals surface area contributed by atoms with Crippen LogP contribution in [-0.2, 0) is 0 Å². The van der Waals surface area contributed by atoms with E-state index in [9.17, 15) is 4.79 Å². The van der Waals surface area contributed by atoms with Gasteiger partial charge < -0.3 is 9.30 Å². The third-order valence-corrected chi connectivity index (χ3v) is 4.80. The molecule has 5 nitrogen and oxygen atoms in total. The summed E-state index contributed by atoms with van der Waals surface area (Å²) in [5.74, 6) is 2.35. The number of thioether (sulfide) groups is 1. The van der Waals surface area contributed by atoms with Crippen LogP contribution in [0.2, 0.25) is 0 Å². The van der Waals surface area contributed by atoms with Crippen LogP contribution >= 0.6 is 11.8 Å². The molecule has 0 aliphatic heterocycles. The number of carbonyl (C=O) groups excluding carboxylic acids is 1. The third kappa shape index (κ3) is 3.42. The van der Waals surface area contributed by atoms with Crippen molar-refractivity contribution in [2.24, 2.45) is 0 Å². The van der Waals surface area contributed by atoms with Crippen LogP contribution in [0.1, 0.15) is 54.8 Å². The number of ether oxygens (including phenoxy) is 1. The van der Waals surface area contributed by atoms with Gasteiger partial charge in [-0.15, -0.1) is 10.2 Å². The van der Waals surface area contributed by atoms with E-state index in [-0.39, 0.29) is 5.78 Å². The number of methoxy groups -OCH3 is 1. The molecule has 23 heavy (non-hydrogen) atoms. The largest absolute Gasteiger partial charge is 0.496 e. The zero-order chi connectivity index (χ0) is 16.4. The Balaban J connectivity index is 1.75. The summed E-state index contributed by atoms with van der Waals surface area (Å²) in [5.41, 5.74) is 0.615. The molecule has 0 spiro atoms. The first kappa shape index (κ1) is 16.1. The minimum absolute atomic E-state index is 0.0453. The first-order valence-corrected chi connectivity index (χ1v) is 8.84. The van der Waals surface area contributed by atoms with Gasteiger partial charge in [0.2, 0.25) is 0 Å². The van der Waals surface area contributed by atoms with Crippen LogP contribution < -0.4 is 4.74 Å². The predicted molar refractivity (Wildman–Crippen MR) is 90.4 cm³/mol. The highest BCUT2D eigenvalue weighted by atomic mass is 32.2. The quantitative estimate of drug-likeness (QED) is 0.572. The summed E-state index contributed by atoms with van der Waals surface area (Å²) in [7, 11) is 1.58. The number of rotatable bonds is 7. The van der Waals surface area contributed by atoms with Gasteiger partial charge in [0.25, 0.3) is 0 Å². The Morgan fingerprint density at radius 1 is 1.35 bits per heavy atom. The van der Waals surface area contributed by atoms with Crippen LogP contribution in [0.25, 0.3) is 0 Å². The van der Waals surface area contributed by atoms with E-state index in [1.165, 1.54) is 24.6 Å². The van der Waals surface area contributed by atoms with Crippen molar-refractivity contribution >= 4 is 17.5 Å². The van der Waals surface area contributed by atoms with E-state index in [1.54, 1.807) is 13.2 Å². The van der Waals surface area contributed by atoms with Gasteiger partial charge in [0.1, 0.15) is 11.6 Å². The maximum Gasteiger partial charge on any atom is 0.191 e. The van der Waals surface area contributed by atoms with Gasteiger partial charge in [0, 0.05) is 12.0 Å². The molecule has 0 bridgehead atoms. The zero-order valence-corrected chi connectivity index (χ0v) is 14.5. The van der Waals surface area contributed by atoms with Gasteiger partial charge in [0.15, 0.2) is 10.9 Å². The van der Waals surface area contributed by atoms with Crippen molar-refractivity contribution in [1.82, 2.24) is 14.8 Å². The number of aromatic nitrogens is 3. The molecular formula is C17H21N3O2S. The zero-order valence-electron chi connectivity index (χ0n) is 13.7. The van der Waals surface area contributed by atoms with E-state index in [0.717, 1.165) is 11.0 Å². The molecule has 1 saturated carbocycles. The molecule has 0 unspecified atom stereocenters. The van der Waals surface area contributed by atoms with E-state index in [4.69, 9.17) is 4.74 Å². The summed E-state index contributed by atoms with van der Waals surface area (Å²) in [6, 6.07) is 7.82. The summed E-state index contributed by atoms with van der Waals surface area (Å²) >= 11 is 1.46. The SMILES string of the molecule is COc1ccccc1C(=O)CSc1nnc(C(C)C)n1C1CC1. The summed E-state index contributed by atoms with van der Waals surface area (Å²) in [6.07, 6.45) is 2.34. The molecule has 0 radical (unpaired) electrons. The molecule has 1 aliphatic rings. The van der Waals surface area contributed by atoms with Crippen LogP contribution in [-0.4, -0.2) is 33.4 Å². The molecule has 3 rings (SSSR count). The summed E-state index contributed by atoms with van der Waals surface area (Å²) in [6.45, 7) is 4.24. The topological polar surface area (TPSA) is 57.0 Å². The van der Waals surface area contributed by atoms with Crippen molar-refractivity contribution in [3.8, 4) is 5.75 Å². The Hall–Kier alpha value is -1.82. The molecule has 0 amide bonds. The molecule has 6 heteroatoms. The van der Waals surface area contributed by atoms with Crippen molar-refractivity contribution in [3.05, 3.63) is 35.7 Å². The fourth-order valence-electron chi connectivity index (χ4n) is 2.54. The second kappa shape index (κ2) is 6.74. The molecule has 1 heterocycles. The Morgan fingerprint density at radius 2 is 2.09 bits per heavy atom. The lowest BCUT2D eigenvalue weighted by molar-refractivity contribution is 0.101. The van der Waals surface area contributed by atoms with Crippen molar-refractivity contribution < 1.29 is 9.53 Å². The number of carbonyl (C=O) groups is 1. The Bertz CT molecular complexity index is 708. The molecular weight excluding hydrogens is 310 g/mol. The summed E-state index contributed by atoms with van der Waals surface area (Å²) in [4.78, 5) is 12.5. The van der Waals surface area contributed by atoms with Crippen molar-refractivity contribution in [1.29, 1.82) is 0 Å². The minimum Gasteiger partial charge on any atom is -0.496 e. The van der Waals surface area contributed by atoms with Gasteiger partial charge >= 0.3 is 0 Å². The number of nitrogens with zero attached hydrogens (tertiary/aromatic N) is 3. The minimum atomic E-state index is 0.0453. The number of benzene rings is 1. The first-order valence-electron chi connectivity index (χ1n) is 7.85. The monoisotopic (exact) mass is 331 g/mol. The first-order chi connectivity index (χ1) is 11.1. The average molecular weight is 331 g/mol. The highest BCUT2D eigenvalue weighted by Gasteiger charge is 2.30. The Morgan fingerprint density at radius 3 is 2.74 bits per heavy atom. The third-order valence-electron chi connectivity index (χ3n) is 3.86. The molecule has 0 atom stereocenters. The predicted octanol–water partition coefficient (Wildman–Crippen LogP) is 3.72. The van der Waals surface area contributed by atoms with Crippen LogP contribution in [0, 0.1) is 0 Å². The Labute approximate surface area is 140 Å². The lowest BCUT2D eigenvalue weighted by Gasteiger charge is -2.11. The van der Waals surface area contributed by atoms with Crippen molar-refractivity contribution in [2.75, 3.05) is 12.9 Å². The molecule has 1 fully saturated rings. The number of hydrogen-bond donors (Lipinski definition) is 0. The average Bonchev–Trinajstić information content (AvgIpc) is 3.31. The van der Waals surface area contributed by atoms with Gasteiger partial charge in [-0.1, -0.05) is 37.7 Å². The fourth-order valence-corrected chi connectivity index (χ4v) is 3.44. The van der Waals surface area contributed by atoms with Gasteiger partial charge in [-0.3, -0.25) is 4.79 Å². The van der Waals surface area contributed by atoms with Crippen LogP contribution in [0.3, 0.4) is 0 Å². The molecule has 1 aromatic heterocycles. The van der Waals surface area contributed by atoms with Crippen molar-refractivity contribution in [3.63, 3.8) is 0 Å². The lowest BCUT2D eigenvalue weighted by Crippen LogP contribution is -2.08. The highest BCUT2D eigenvalue weighted by Crippen LogP contribution is 2.40. The molecule has 0 saturated heterocycles. The van der Waals surface area contributed by atoms with E-state index < -0.39 is 0 Å². The maximum absolute atomic E-state index is 12.5. The van der Waals surface area contributed by atoms with Gasteiger partial charge in [-0.05, 0) is 25.0 Å². The fraction of sp³-hybridized carbons (Fsp3) is 0.471. The normalized spacial score (nSPS) is 14.3. The highest BCUT2D eigenvalue weighted by molar-refractivity contribution is 7.99. The van der Waals surface area contributed by atoms with E-state index in [0.29, 0.717) is 29.0 Å². The summed E-state index contributed by atoms with van der Waals surface area (Å²) < 4.78 is 7.48. The lowest BCUT2D eigenvalue weighted by atomic mass is 10.1. The molecule has 0 N–H and O–H groups in total. The smallest absolute Gasteiger partial charge is 0.191 e. The summed E-state index contributed by atoms with van der Waals surface area (Å²) in [5, 5.41) is 9.46. The molecule has 2 aromatic rings. The number of ketones is 1. The van der Waals surface area contributed by atoms with E-state index >= 15 is 0 Å². The second-order valence-corrected chi connectivity index (χ2v) is 6.95. The van der Waals surface area contributed by atoms with Crippen LogP contribution in [0.5, 0.6) is 5.75 Å². The second-order valence-electron chi connectivity index (χ2n) is 6.01. The van der Waals surface area contributed by atoms with Crippen LogP contribution in [0.4, 0.5) is 0 Å². The van der Waals surface area contributed by atoms with Crippen molar-refractivity contribution in [2.45, 2.75) is 43.8 Å². The number of Topliss-reactive ketones (excluding diaryl/α,β-unsaturated/α-hetero) is 1. The van der Waals surface area contributed by atoms with Gasteiger partial charge in [-0.25, -0.2) is 0 Å². The number of hydrogen-bond acceptors (Lipinski definition) is 5. The van der Waals surface area contributed by atoms with E-state index in [2.05, 4.69) is 28.6 Å². The van der Waals surface area contributed by atoms with Crippen LogP contribution in [0.15, 0.2) is 29.4 Å². The maximum atomic E-state index is 12.5. The number of para-hydroxylation sites is 1. The molecule has 1 aromatic carbocycles. The van der Waals surface area contributed by atoms with Gasteiger partial charge in [0.05, 0.1) is 18.4 Å². The van der Waals surface area contributed by atoms with E-state index in [1.807, 2.05) is 18.2 Å². The molecule has 1 aliphatic carbocycles.